The normalized spacial score (nSPS) is 15.6. The predicted molar refractivity (Wildman–Crippen MR) is 107 cm³/mol. The fourth-order valence-corrected chi connectivity index (χ4v) is 4.56. The van der Waals surface area contributed by atoms with E-state index in [9.17, 15) is 12.8 Å². The van der Waals surface area contributed by atoms with E-state index in [1.165, 1.54) is 16.4 Å². The second-order valence-corrected chi connectivity index (χ2v) is 8.81. The third kappa shape index (κ3) is 4.82. The number of piperazine rings is 1. The molecule has 27 heavy (non-hydrogen) atoms. The van der Waals surface area contributed by atoms with E-state index in [4.69, 9.17) is 12.2 Å². The van der Waals surface area contributed by atoms with Crippen LogP contribution in [0.1, 0.15) is 11.1 Å². The fraction of sp³-hybridized carbons (Fsp3) is 0.316. The van der Waals surface area contributed by atoms with Crippen molar-refractivity contribution < 1.29 is 12.8 Å². The van der Waals surface area contributed by atoms with E-state index in [1.54, 1.807) is 36.4 Å². The predicted octanol–water partition coefficient (Wildman–Crippen LogP) is 2.52. The van der Waals surface area contributed by atoms with Crippen molar-refractivity contribution in [2.24, 2.45) is 0 Å². The highest BCUT2D eigenvalue weighted by Crippen LogP contribution is 2.18. The molecule has 8 heteroatoms. The Labute approximate surface area is 164 Å². The molecule has 0 amide bonds. The summed E-state index contributed by atoms with van der Waals surface area (Å²) in [6.45, 7) is 4.25. The molecule has 0 atom stereocenters. The van der Waals surface area contributed by atoms with Crippen LogP contribution in [0.5, 0.6) is 0 Å². The molecule has 0 aromatic heterocycles. The van der Waals surface area contributed by atoms with Crippen LogP contribution in [0.4, 0.5) is 4.39 Å². The van der Waals surface area contributed by atoms with Crippen molar-refractivity contribution in [2.45, 2.75) is 18.4 Å². The lowest BCUT2D eigenvalue weighted by Gasteiger charge is -2.35. The van der Waals surface area contributed by atoms with Crippen LogP contribution in [0, 0.1) is 12.7 Å². The van der Waals surface area contributed by atoms with Gasteiger partial charge in [-0.05, 0) is 49.0 Å². The number of thiocarbonyl (C=S) groups is 1. The van der Waals surface area contributed by atoms with Crippen LogP contribution < -0.4 is 5.32 Å². The number of hydrogen-bond acceptors (Lipinski definition) is 3. The van der Waals surface area contributed by atoms with E-state index < -0.39 is 10.0 Å². The van der Waals surface area contributed by atoms with Crippen molar-refractivity contribution in [3.8, 4) is 0 Å². The lowest BCUT2D eigenvalue weighted by atomic mass is 10.2. The van der Waals surface area contributed by atoms with Crippen molar-refractivity contribution in [3.05, 3.63) is 65.5 Å². The largest absolute Gasteiger partial charge is 0.358 e. The first-order valence-corrected chi connectivity index (χ1v) is 10.5. The first-order chi connectivity index (χ1) is 12.9. The molecule has 0 aliphatic carbocycles. The average Bonchev–Trinajstić information content (AvgIpc) is 2.68. The Morgan fingerprint density at radius 3 is 2.22 bits per heavy atom. The Bertz CT molecular complexity index is 892. The van der Waals surface area contributed by atoms with Gasteiger partial charge in [0.05, 0.1) is 4.90 Å². The monoisotopic (exact) mass is 407 g/mol. The summed E-state index contributed by atoms with van der Waals surface area (Å²) in [5.74, 6) is -0.271. The number of aryl methyl sites for hydroxylation is 1. The zero-order valence-corrected chi connectivity index (χ0v) is 16.7. The molecule has 0 bridgehead atoms. The Kier molecular flexibility index (Phi) is 6.08. The smallest absolute Gasteiger partial charge is 0.243 e. The van der Waals surface area contributed by atoms with Gasteiger partial charge in [0.25, 0.3) is 0 Å². The molecule has 1 fully saturated rings. The van der Waals surface area contributed by atoms with Gasteiger partial charge < -0.3 is 10.2 Å². The molecule has 1 N–H and O–H groups in total. The molecular formula is C19H22FN3O2S2. The van der Waals surface area contributed by atoms with E-state index in [1.807, 2.05) is 11.8 Å². The number of benzene rings is 2. The third-order valence-electron chi connectivity index (χ3n) is 4.54. The minimum absolute atomic E-state index is 0.271. The SMILES string of the molecule is Cc1ccc(S(=O)(=O)N2CCN(C(=S)NCc3ccc(F)cc3)CC2)cc1. The number of rotatable bonds is 4. The van der Waals surface area contributed by atoms with Crippen LogP contribution in [0.2, 0.25) is 0 Å². The first kappa shape index (κ1) is 19.7. The van der Waals surface area contributed by atoms with Crippen molar-refractivity contribution in [2.75, 3.05) is 26.2 Å². The van der Waals surface area contributed by atoms with Crippen molar-refractivity contribution in [1.82, 2.24) is 14.5 Å². The fourth-order valence-electron chi connectivity index (χ4n) is 2.88. The van der Waals surface area contributed by atoms with E-state index in [2.05, 4.69) is 5.32 Å². The van der Waals surface area contributed by atoms with Gasteiger partial charge in [0.15, 0.2) is 5.11 Å². The van der Waals surface area contributed by atoms with E-state index >= 15 is 0 Å². The summed E-state index contributed by atoms with van der Waals surface area (Å²) in [6.07, 6.45) is 0. The van der Waals surface area contributed by atoms with Gasteiger partial charge in [-0.25, -0.2) is 12.8 Å². The maximum Gasteiger partial charge on any atom is 0.243 e. The van der Waals surface area contributed by atoms with Gasteiger partial charge in [-0.15, -0.1) is 0 Å². The minimum atomic E-state index is -3.48. The minimum Gasteiger partial charge on any atom is -0.358 e. The number of halogens is 1. The lowest BCUT2D eigenvalue weighted by Crippen LogP contribution is -2.52. The van der Waals surface area contributed by atoms with E-state index in [0.717, 1.165) is 11.1 Å². The molecule has 2 aromatic rings. The maximum atomic E-state index is 12.9. The van der Waals surface area contributed by atoms with Gasteiger partial charge >= 0.3 is 0 Å². The standard InChI is InChI=1S/C19H22FN3O2S2/c1-15-2-8-18(9-3-15)27(24,25)23-12-10-22(11-13-23)19(26)21-14-16-4-6-17(20)7-5-16/h2-9H,10-14H2,1H3,(H,21,26). The Hall–Kier alpha value is -2.03. The first-order valence-electron chi connectivity index (χ1n) is 8.70. The Morgan fingerprint density at radius 2 is 1.63 bits per heavy atom. The molecule has 1 aliphatic heterocycles. The summed E-state index contributed by atoms with van der Waals surface area (Å²) in [4.78, 5) is 2.28. The third-order valence-corrected chi connectivity index (χ3v) is 6.86. The summed E-state index contributed by atoms with van der Waals surface area (Å²) < 4.78 is 39.9. The van der Waals surface area contributed by atoms with Crippen molar-refractivity contribution in [1.29, 1.82) is 0 Å². The highest BCUT2D eigenvalue weighted by molar-refractivity contribution is 7.89. The van der Waals surface area contributed by atoms with Crippen LogP contribution in [-0.4, -0.2) is 48.9 Å². The zero-order valence-electron chi connectivity index (χ0n) is 15.1. The van der Waals surface area contributed by atoms with Crippen molar-refractivity contribution in [3.63, 3.8) is 0 Å². The van der Waals surface area contributed by atoms with Gasteiger partial charge in [-0.2, -0.15) is 4.31 Å². The Morgan fingerprint density at radius 1 is 1.04 bits per heavy atom. The highest BCUT2D eigenvalue weighted by Gasteiger charge is 2.29. The molecule has 1 saturated heterocycles. The van der Waals surface area contributed by atoms with Crippen LogP contribution >= 0.6 is 12.2 Å². The number of hydrogen-bond donors (Lipinski definition) is 1. The molecule has 0 saturated carbocycles. The lowest BCUT2D eigenvalue weighted by molar-refractivity contribution is 0.264. The number of sulfonamides is 1. The summed E-state index contributed by atoms with van der Waals surface area (Å²) in [5.41, 5.74) is 1.95. The van der Waals surface area contributed by atoms with Gasteiger partial charge in [-0.1, -0.05) is 29.8 Å². The topological polar surface area (TPSA) is 52.7 Å². The molecule has 144 valence electrons. The zero-order chi connectivity index (χ0) is 19.4. The second kappa shape index (κ2) is 8.33. The van der Waals surface area contributed by atoms with Crippen LogP contribution in [0.15, 0.2) is 53.4 Å². The van der Waals surface area contributed by atoms with Crippen LogP contribution in [-0.2, 0) is 16.6 Å². The van der Waals surface area contributed by atoms with Crippen LogP contribution in [0.25, 0.3) is 0 Å². The summed E-state index contributed by atoms with van der Waals surface area (Å²) in [7, 11) is -3.48. The molecule has 5 nitrogen and oxygen atoms in total. The summed E-state index contributed by atoms with van der Waals surface area (Å²) in [6, 6.07) is 13.1. The number of nitrogens with one attached hydrogen (secondary N) is 1. The van der Waals surface area contributed by atoms with E-state index in [0.29, 0.717) is 42.7 Å². The van der Waals surface area contributed by atoms with Gasteiger partial charge in [-0.3, -0.25) is 0 Å². The summed E-state index contributed by atoms with van der Waals surface area (Å²) in [5, 5.41) is 3.72. The molecule has 2 aromatic carbocycles. The molecule has 0 spiro atoms. The maximum absolute atomic E-state index is 12.9. The van der Waals surface area contributed by atoms with Crippen molar-refractivity contribution >= 4 is 27.4 Å². The quantitative estimate of drug-likeness (QED) is 0.790. The van der Waals surface area contributed by atoms with Gasteiger partial charge in [0, 0.05) is 32.7 Å². The molecule has 0 radical (unpaired) electrons. The molecular weight excluding hydrogens is 385 g/mol. The van der Waals surface area contributed by atoms with Gasteiger partial charge in [0.1, 0.15) is 5.82 Å². The highest BCUT2D eigenvalue weighted by atomic mass is 32.2. The number of nitrogens with zero attached hydrogens (tertiary/aromatic N) is 2. The van der Waals surface area contributed by atoms with E-state index in [-0.39, 0.29) is 5.82 Å². The summed E-state index contributed by atoms with van der Waals surface area (Å²) >= 11 is 5.41. The van der Waals surface area contributed by atoms with Gasteiger partial charge in [0.2, 0.25) is 10.0 Å². The van der Waals surface area contributed by atoms with Crippen LogP contribution in [0.3, 0.4) is 0 Å². The second-order valence-electron chi connectivity index (χ2n) is 6.49. The molecule has 1 heterocycles. The average molecular weight is 408 g/mol. The molecule has 3 rings (SSSR count). The Balaban J connectivity index is 1.54. The molecule has 0 unspecified atom stereocenters. The molecule has 1 aliphatic rings.